The van der Waals surface area contributed by atoms with Crippen LogP contribution in [0.1, 0.15) is 13.3 Å². The Morgan fingerprint density at radius 3 is 1.92 bits per heavy atom. The average Bonchev–Trinajstić information content (AvgIpc) is 2.36. The van der Waals surface area contributed by atoms with Gasteiger partial charge in [-0.3, -0.25) is 9.59 Å². The molecule has 1 N–H and O–H groups in total. The van der Waals surface area contributed by atoms with E-state index in [1.54, 1.807) is 11.3 Å². The van der Waals surface area contributed by atoms with Crippen molar-refractivity contribution in [3.63, 3.8) is 0 Å². The lowest BCUT2D eigenvalue weighted by molar-refractivity contribution is -0.139. The van der Waals surface area contributed by atoms with Crippen LogP contribution in [0.2, 0.25) is 0 Å². The number of aliphatic carboxylic acids is 1. The first-order valence-corrected chi connectivity index (χ1v) is 4.25. The fraction of sp³-hybridized carbons (Fsp3) is 0.250. The van der Waals surface area contributed by atoms with Crippen LogP contribution in [0.15, 0.2) is 22.9 Å². The molecule has 1 rings (SSSR count). The average molecular weight is 186 g/mol. The molecule has 0 amide bonds. The van der Waals surface area contributed by atoms with Crippen molar-refractivity contribution in [3.8, 4) is 0 Å². The Bertz CT molecular complexity index is 199. The summed E-state index contributed by atoms with van der Waals surface area (Å²) < 4.78 is 0. The van der Waals surface area contributed by atoms with Crippen molar-refractivity contribution in [2.45, 2.75) is 13.3 Å². The zero-order valence-corrected chi connectivity index (χ0v) is 7.50. The van der Waals surface area contributed by atoms with E-state index in [0.717, 1.165) is 0 Å². The van der Waals surface area contributed by atoms with E-state index >= 15 is 0 Å². The number of carboxylic acids is 1. The lowest BCUT2D eigenvalue weighted by atomic mass is 10.3. The van der Waals surface area contributed by atoms with Gasteiger partial charge in [-0.15, -0.1) is 0 Å². The van der Waals surface area contributed by atoms with Gasteiger partial charge in [-0.1, -0.05) is 12.1 Å². The van der Waals surface area contributed by atoms with Gasteiger partial charge in [-0.2, -0.15) is 11.3 Å². The number of thiophene rings is 1. The Morgan fingerprint density at radius 2 is 1.83 bits per heavy atom. The smallest absolute Gasteiger partial charge is 0.310 e. The molecule has 1 aromatic heterocycles. The summed E-state index contributed by atoms with van der Waals surface area (Å²) in [5.74, 6) is -1.37. The van der Waals surface area contributed by atoms with E-state index in [1.165, 1.54) is 6.92 Å². The first-order valence-electron chi connectivity index (χ1n) is 3.31. The molecule has 3 nitrogen and oxygen atoms in total. The zero-order chi connectivity index (χ0) is 9.40. The second kappa shape index (κ2) is 6.54. The van der Waals surface area contributed by atoms with Crippen molar-refractivity contribution < 1.29 is 14.7 Å². The zero-order valence-electron chi connectivity index (χ0n) is 6.69. The third-order valence-corrected chi connectivity index (χ3v) is 1.45. The lowest BCUT2D eigenvalue weighted by Gasteiger charge is -1.80. The molecule has 12 heavy (non-hydrogen) atoms. The summed E-state index contributed by atoms with van der Waals surface area (Å²) in [4.78, 5) is 19.5. The van der Waals surface area contributed by atoms with Crippen molar-refractivity contribution in [2.75, 3.05) is 0 Å². The van der Waals surface area contributed by atoms with E-state index in [4.69, 9.17) is 5.11 Å². The number of carboxylic acid groups (broad SMARTS) is 1. The maximum Gasteiger partial charge on any atom is 0.310 e. The highest BCUT2D eigenvalue weighted by atomic mass is 32.1. The third kappa shape index (κ3) is 8.84. The maximum absolute atomic E-state index is 9.87. The molecule has 0 aliphatic heterocycles. The van der Waals surface area contributed by atoms with Gasteiger partial charge in [0.25, 0.3) is 0 Å². The van der Waals surface area contributed by atoms with E-state index in [-0.39, 0.29) is 12.2 Å². The highest BCUT2D eigenvalue weighted by molar-refractivity contribution is 7.07. The molecule has 1 heterocycles. The summed E-state index contributed by atoms with van der Waals surface area (Å²) in [7, 11) is 0. The molecule has 0 bridgehead atoms. The van der Waals surface area contributed by atoms with Gasteiger partial charge < -0.3 is 5.11 Å². The first-order chi connectivity index (χ1) is 5.63. The molecule has 4 heteroatoms. The minimum Gasteiger partial charge on any atom is -0.481 e. The van der Waals surface area contributed by atoms with Crippen molar-refractivity contribution in [1.82, 2.24) is 0 Å². The van der Waals surface area contributed by atoms with Crippen LogP contribution in [-0.4, -0.2) is 16.9 Å². The number of rotatable bonds is 2. The summed E-state index contributed by atoms with van der Waals surface area (Å²) in [6, 6.07) is 4.04. The third-order valence-electron chi connectivity index (χ3n) is 0.826. The predicted molar refractivity (Wildman–Crippen MR) is 47.3 cm³/mol. The van der Waals surface area contributed by atoms with Crippen LogP contribution in [0.25, 0.3) is 0 Å². The predicted octanol–water partition coefficient (Wildman–Crippen LogP) is 1.80. The van der Waals surface area contributed by atoms with Gasteiger partial charge in [-0.25, -0.2) is 0 Å². The van der Waals surface area contributed by atoms with Crippen LogP contribution in [0, 0.1) is 0 Å². The number of hydrogen-bond donors (Lipinski definition) is 1. The largest absolute Gasteiger partial charge is 0.481 e. The summed E-state index contributed by atoms with van der Waals surface area (Å²) in [6.07, 6.45) is -0.361. The molecule has 0 saturated heterocycles. The van der Waals surface area contributed by atoms with Crippen molar-refractivity contribution >= 4 is 23.1 Å². The van der Waals surface area contributed by atoms with E-state index in [9.17, 15) is 9.59 Å². The molecule has 0 radical (unpaired) electrons. The van der Waals surface area contributed by atoms with E-state index in [0.29, 0.717) is 0 Å². The number of Topliss-reactive ketones (excluding diaryl/α,β-unsaturated/α-hetero) is 1. The minimum absolute atomic E-state index is 0.312. The first kappa shape index (κ1) is 10.8. The second-order valence-electron chi connectivity index (χ2n) is 2.07. The second-order valence-corrected chi connectivity index (χ2v) is 2.88. The van der Waals surface area contributed by atoms with Gasteiger partial charge in [0, 0.05) is 0 Å². The monoisotopic (exact) mass is 186 g/mol. The molecule has 1 aromatic rings. The van der Waals surface area contributed by atoms with Crippen molar-refractivity contribution in [1.29, 1.82) is 0 Å². The number of carbonyl (C=O) groups excluding carboxylic acids is 1. The molecule has 0 spiro atoms. The van der Waals surface area contributed by atoms with Crippen molar-refractivity contribution in [2.24, 2.45) is 0 Å². The van der Waals surface area contributed by atoms with E-state index < -0.39 is 5.97 Å². The van der Waals surface area contributed by atoms with Crippen LogP contribution < -0.4 is 0 Å². The van der Waals surface area contributed by atoms with Gasteiger partial charge in [-0.05, 0) is 17.7 Å². The van der Waals surface area contributed by atoms with Gasteiger partial charge in [0.05, 0.1) is 0 Å². The number of hydrogen-bond acceptors (Lipinski definition) is 3. The Kier molecular flexibility index (Phi) is 5.91. The molecule has 66 valence electrons. The molecule has 0 atom stereocenters. The van der Waals surface area contributed by atoms with Gasteiger partial charge >= 0.3 is 5.97 Å². The molecular weight excluding hydrogens is 176 g/mol. The Morgan fingerprint density at radius 1 is 1.33 bits per heavy atom. The van der Waals surface area contributed by atoms with E-state index in [1.807, 2.05) is 22.9 Å². The van der Waals surface area contributed by atoms with Gasteiger partial charge in [0.2, 0.25) is 0 Å². The molecule has 0 fully saturated rings. The summed E-state index contributed by atoms with van der Waals surface area (Å²) >= 11 is 1.71. The highest BCUT2D eigenvalue weighted by Gasteiger charge is 1.98. The molecule has 0 aromatic carbocycles. The van der Waals surface area contributed by atoms with Gasteiger partial charge in [0.15, 0.2) is 0 Å². The van der Waals surface area contributed by atoms with Crippen LogP contribution in [-0.2, 0) is 9.59 Å². The lowest BCUT2D eigenvalue weighted by Crippen LogP contribution is -2.00. The Balaban J connectivity index is 0.000000211. The van der Waals surface area contributed by atoms with Crippen LogP contribution >= 0.6 is 11.3 Å². The topological polar surface area (TPSA) is 54.4 Å². The molecule has 0 unspecified atom stereocenters. The van der Waals surface area contributed by atoms with Crippen LogP contribution in [0.3, 0.4) is 0 Å². The normalized spacial score (nSPS) is 8.08. The molecule has 0 aliphatic rings. The quantitative estimate of drug-likeness (QED) is 0.716. The van der Waals surface area contributed by atoms with Crippen LogP contribution in [0.4, 0.5) is 0 Å². The fourth-order valence-electron chi connectivity index (χ4n) is 0.440. The Labute approximate surface area is 74.7 Å². The summed E-state index contributed by atoms with van der Waals surface area (Å²) in [6.45, 7) is 1.24. The minimum atomic E-state index is -1.06. The van der Waals surface area contributed by atoms with Crippen LogP contribution in [0.5, 0.6) is 0 Å². The standard InChI is InChI=1S/C4H6O3.C4H4S/c1-3(5)2-4(6)7;1-2-4-5-3-1/h2H2,1H3,(H,6,7);1-4H. The molecule has 0 aliphatic carbocycles. The van der Waals surface area contributed by atoms with E-state index in [2.05, 4.69) is 0 Å². The van der Waals surface area contributed by atoms with Crippen molar-refractivity contribution in [3.05, 3.63) is 22.9 Å². The summed E-state index contributed by atoms with van der Waals surface area (Å²) in [5.41, 5.74) is 0. The fourth-order valence-corrected chi connectivity index (χ4v) is 0.893. The molecule has 0 saturated carbocycles. The number of carbonyl (C=O) groups is 2. The summed E-state index contributed by atoms with van der Waals surface area (Å²) in [5, 5.41) is 11.9. The molecular formula is C8H10O3S. The highest BCUT2D eigenvalue weighted by Crippen LogP contribution is 1.91. The Hall–Kier alpha value is -1.16. The number of ketones is 1. The maximum atomic E-state index is 9.87. The van der Waals surface area contributed by atoms with Gasteiger partial charge in [0.1, 0.15) is 12.2 Å². The SMILES string of the molecule is CC(=O)CC(=O)O.c1ccsc1.